The second-order valence-corrected chi connectivity index (χ2v) is 7.42. The maximum Gasteiger partial charge on any atom is 0.343 e. The van der Waals surface area contributed by atoms with Gasteiger partial charge in [0.25, 0.3) is 0 Å². The molecule has 1 aliphatic rings. The third kappa shape index (κ3) is 3.64. The van der Waals surface area contributed by atoms with Gasteiger partial charge in [-0.15, -0.1) is 0 Å². The fraction of sp³-hybridized carbons (Fsp3) is 0.238. The van der Waals surface area contributed by atoms with Crippen LogP contribution < -0.4 is 4.74 Å². The summed E-state index contributed by atoms with van der Waals surface area (Å²) in [6, 6.07) is 15.0. The zero-order chi connectivity index (χ0) is 17.9. The number of halogens is 1. The number of carbonyl (C=O) groups excluding carboxylic acids is 1. The molecule has 4 rings (SSSR count). The van der Waals surface area contributed by atoms with Gasteiger partial charge in [-0.3, -0.25) is 9.88 Å². The Labute approximate surface area is 160 Å². The highest BCUT2D eigenvalue weighted by atomic mass is 79.9. The molecule has 0 amide bonds. The standard InChI is InChI=1S/C21H19BrN2O2/c22-17-8-5-15(6-9-17)21(25)26-19-10-7-16(14-24-12-1-2-13-24)18-4-3-11-23-20(18)19/h3-11H,1-2,12-14H2. The van der Waals surface area contributed by atoms with E-state index < -0.39 is 0 Å². The number of rotatable bonds is 4. The van der Waals surface area contributed by atoms with E-state index in [9.17, 15) is 4.79 Å². The number of fused-ring (bicyclic) bond motifs is 1. The second-order valence-electron chi connectivity index (χ2n) is 6.50. The zero-order valence-corrected chi connectivity index (χ0v) is 15.9. The van der Waals surface area contributed by atoms with Crippen LogP contribution >= 0.6 is 15.9 Å². The van der Waals surface area contributed by atoms with Crippen molar-refractivity contribution in [1.82, 2.24) is 9.88 Å². The highest BCUT2D eigenvalue weighted by molar-refractivity contribution is 9.10. The Morgan fingerprint density at radius 1 is 1.08 bits per heavy atom. The molecule has 0 spiro atoms. The predicted molar refractivity (Wildman–Crippen MR) is 105 cm³/mol. The summed E-state index contributed by atoms with van der Waals surface area (Å²) < 4.78 is 6.57. The minimum Gasteiger partial charge on any atom is -0.421 e. The number of aromatic nitrogens is 1. The topological polar surface area (TPSA) is 42.4 Å². The number of benzene rings is 2. The number of hydrogen-bond acceptors (Lipinski definition) is 4. The lowest BCUT2D eigenvalue weighted by Gasteiger charge is -2.17. The van der Waals surface area contributed by atoms with Crippen LogP contribution in [0.5, 0.6) is 5.75 Å². The lowest BCUT2D eigenvalue weighted by molar-refractivity contribution is 0.0736. The average Bonchev–Trinajstić information content (AvgIpc) is 3.17. The molecule has 0 unspecified atom stereocenters. The summed E-state index contributed by atoms with van der Waals surface area (Å²) in [6.07, 6.45) is 4.26. The highest BCUT2D eigenvalue weighted by Gasteiger charge is 2.16. The Kier molecular flexibility index (Phi) is 5.00. The summed E-state index contributed by atoms with van der Waals surface area (Å²) in [4.78, 5) is 19.4. The fourth-order valence-corrected chi connectivity index (χ4v) is 3.62. The quantitative estimate of drug-likeness (QED) is 0.457. The molecule has 0 bridgehead atoms. The van der Waals surface area contributed by atoms with Gasteiger partial charge in [0.15, 0.2) is 5.75 Å². The van der Waals surface area contributed by atoms with E-state index in [0.717, 1.165) is 35.0 Å². The predicted octanol–water partition coefficient (Wildman–Crippen LogP) is 4.81. The van der Waals surface area contributed by atoms with Crippen molar-refractivity contribution >= 4 is 32.8 Å². The Morgan fingerprint density at radius 2 is 1.85 bits per heavy atom. The van der Waals surface area contributed by atoms with Crippen molar-refractivity contribution in [1.29, 1.82) is 0 Å². The largest absolute Gasteiger partial charge is 0.421 e. The summed E-state index contributed by atoms with van der Waals surface area (Å²) >= 11 is 3.37. The number of hydrogen-bond donors (Lipinski definition) is 0. The van der Waals surface area contributed by atoms with Gasteiger partial charge in [0, 0.05) is 22.6 Å². The summed E-state index contributed by atoms with van der Waals surface area (Å²) in [5.74, 6) is 0.121. The maximum absolute atomic E-state index is 12.5. The monoisotopic (exact) mass is 410 g/mol. The van der Waals surface area contributed by atoms with E-state index in [4.69, 9.17) is 4.74 Å². The van der Waals surface area contributed by atoms with Gasteiger partial charge in [0.2, 0.25) is 0 Å². The Morgan fingerprint density at radius 3 is 2.62 bits per heavy atom. The van der Waals surface area contributed by atoms with Crippen molar-refractivity contribution in [3.05, 3.63) is 70.3 Å². The van der Waals surface area contributed by atoms with Crippen LogP contribution in [0.1, 0.15) is 28.8 Å². The zero-order valence-electron chi connectivity index (χ0n) is 14.3. The molecule has 2 aromatic carbocycles. The molecular formula is C21H19BrN2O2. The van der Waals surface area contributed by atoms with E-state index in [-0.39, 0.29) is 5.97 Å². The lowest BCUT2D eigenvalue weighted by atomic mass is 10.1. The van der Waals surface area contributed by atoms with E-state index in [1.54, 1.807) is 18.3 Å². The van der Waals surface area contributed by atoms with Crippen LogP contribution in [0.3, 0.4) is 0 Å². The smallest absolute Gasteiger partial charge is 0.343 e. The van der Waals surface area contributed by atoms with E-state index in [1.165, 1.54) is 18.4 Å². The molecule has 4 nitrogen and oxygen atoms in total. The Balaban J connectivity index is 1.63. The molecule has 2 heterocycles. The molecule has 1 aliphatic heterocycles. The van der Waals surface area contributed by atoms with Gasteiger partial charge in [0.05, 0.1) is 5.56 Å². The van der Waals surface area contributed by atoms with Crippen molar-refractivity contribution in [3.8, 4) is 5.75 Å². The van der Waals surface area contributed by atoms with Crippen LogP contribution in [-0.4, -0.2) is 28.9 Å². The van der Waals surface area contributed by atoms with Crippen molar-refractivity contribution in [2.45, 2.75) is 19.4 Å². The first-order valence-electron chi connectivity index (χ1n) is 8.77. The Bertz CT molecular complexity index is 934. The van der Waals surface area contributed by atoms with Gasteiger partial charge in [-0.25, -0.2) is 4.79 Å². The number of ether oxygens (including phenoxy) is 1. The molecule has 0 radical (unpaired) electrons. The van der Waals surface area contributed by atoms with Gasteiger partial charge < -0.3 is 4.74 Å². The highest BCUT2D eigenvalue weighted by Crippen LogP contribution is 2.29. The van der Waals surface area contributed by atoms with Gasteiger partial charge in [-0.2, -0.15) is 0 Å². The molecule has 3 aromatic rings. The van der Waals surface area contributed by atoms with Crippen molar-refractivity contribution < 1.29 is 9.53 Å². The molecule has 132 valence electrons. The van der Waals surface area contributed by atoms with Gasteiger partial charge in [-0.05, 0) is 67.9 Å². The summed E-state index contributed by atoms with van der Waals surface area (Å²) in [5.41, 5.74) is 2.46. The molecule has 5 heteroatoms. The lowest BCUT2D eigenvalue weighted by Crippen LogP contribution is -2.18. The Hall–Kier alpha value is -2.24. The number of pyridine rings is 1. The molecule has 0 saturated carbocycles. The number of likely N-dealkylation sites (tertiary alicyclic amines) is 1. The molecule has 1 fully saturated rings. The van der Waals surface area contributed by atoms with Crippen LogP contribution in [0.2, 0.25) is 0 Å². The molecular weight excluding hydrogens is 392 g/mol. The fourth-order valence-electron chi connectivity index (χ4n) is 3.35. The summed E-state index contributed by atoms with van der Waals surface area (Å²) in [6.45, 7) is 3.19. The van der Waals surface area contributed by atoms with E-state index in [1.807, 2.05) is 36.4 Å². The first kappa shape index (κ1) is 17.2. The average molecular weight is 411 g/mol. The van der Waals surface area contributed by atoms with Crippen LogP contribution in [0, 0.1) is 0 Å². The molecule has 1 saturated heterocycles. The molecule has 26 heavy (non-hydrogen) atoms. The number of carbonyl (C=O) groups is 1. The van der Waals surface area contributed by atoms with Crippen LogP contribution in [-0.2, 0) is 6.54 Å². The minimum absolute atomic E-state index is 0.378. The maximum atomic E-state index is 12.5. The van der Waals surface area contributed by atoms with Crippen LogP contribution in [0.25, 0.3) is 10.9 Å². The minimum atomic E-state index is -0.378. The third-order valence-electron chi connectivity index (χ3n) is 4.70. The van der Waals surface area contributed by atoms with Crippen molar-refractivity contribution in [2.75, 3.05) is 13.1 Å². The third-order valence-corrected chi connectivity index (χ3v) is 5.23. The van der Waals surface area contributed by atoms with E-state index in [2.05, 4.69) is 25.8 Å². The molecule has 0 aliphatic carbocycles. The van der Waals surface area contributed by atoms with Crippen molar-refractivity contribution in [3.63, 3.8) is 0 Å². The number of nitrogens with zero attached hydrogens (tertiary/aromatic N) is 2. The van der Waals surface area contributed by atoms with E-state index in [0.29, 0.717) is 11.3 Å². The van der Waals surface area contributed by atoms with Gasteiger partial charge >= 0.3 is 5.97 Å². The van der Waals surface area contributed by atoms with E-state index >= 15 is 0 Å². The summed E-state index contributed by atoms with van der Waals surface area (Å²) in [5, 5.41) is 1.04. The van der Waals surface area contributed by atoms with Crippen LogP contribution in [0.4, 0.5) is 0 Å². The first-order chi connectivity index (χ1) is 12.7. The molecule has 0 N–H and O–H groups in total. The van der Waals surface area contributed by atoms with Crippen LogP contribution in [0.15, 0.2) is 59.2 Å². The second kappa shape index (κ2) is 7.56. The SMILES string of the molecule is O=C(Oc1ccc(CN2CCCC2)c2cccnc12)c1ccc(Br)cc1. The first-order valence-corrected chi connectivity index (χ1v) is 9.57. The van der Waals surface area contributed by atoms with Gasteiger partial charge in [-0.1, -0.05) is 28.1 Å². The van der Waals surface area contributed by atoms with Crippen molar-refractivity contribution in [2.24, 2.45) is 0 Å². The molecule has 1 aromatic heterocycles. The summed E-state index contributed by atoms with van der Waals surface area (Å²) in [7, 11) is 0. The van der Waals surface area contributed by atoms with Gasteiger partial charge in [0.1, 0.15) is 5.52 Å². The normalized spacial score (nSPS) is 14.7. The molecule has 0 atom stereocenters. The number of esters is 1.